The molecule has 0 N–H and O–H groups in total. The number of carbonyl (C=O) groups excluding carboxylic acids is 2. The highest BCUT2D eigenvalue weighted by molar-refractivity contribution is 7.10. The van der Waals surface area contributed by atoms with Crippen LogP contribution in [-0.4, -0.2) is 40.7 Å². The highest BCUT2D eigenvalue weighted by Gasteiger charge is 2.40. The van der Waals surface area contributed by atoms with E-state index in [0.29, 0.717) is 13.0 Å². The second-order valence-corrected chi connectivity index (χ2v) is 7.55. The van der Waals surface area contributed by atoms with Crippen LogP contribution < -0.4 is 0 Å². The number of thiophene rings is 1. The summed E-state index contributed by atoms with van der Waals surface area (Å²) in [6.45, 7) is 7.53. The lowest BCUT2D eigenvalue weighted by molar-refractivity contribution is -0.138. The summed E-state index contributed by atoms with van der Waals surface area (Å²) < 4.78 is 0. The van der Waals surface area contributed by atoms with E-state index in [1.807, 2.05) is 23.6 Å². The van der Waals surface area contributed by atoms with Gasteiger partial charge >= 0.3 is 0 Å². The number of hydrogen-bond donors (Lipinski definition) is 0. The van der Waals surface area contributed by atoms with Gasteiger partial charge in [-0.15, -0.1) is 11.3 Å². The number of hydrogen-bond acceptors (Lipinski definition) is 3. The average Bonchev–Trinajstić information content (AvgIpc) is 3.11. The van der Waals surface area contributed by atoms with Crippen LogP contribution in [0.3, 0.4) is 0 Å². The summed E-state index contributed by atoms with van der Waals surface area (Å²) in [6, 6.07) is 2.52. The minimum atomic E-state index is -0.163. The predicted molar refractivity (Wildman–Crippen MR) is 87.7 cm³/mol. The molecule has 0 bridgehead atoms. The number of nitrogens with zero attached hydrogens (tertiary/aromatic N) is 2. The van der Waals surface area contributed by atoms with Crippen molar-refractivity contribution in [3.63, 3.8) is 0 Å². The van der Waals surface area contributed by atoms with E-state index in [9.17, 15) is 9.59 Å². The number of likely N-dealkylation sites (tertiary alicyclic amines) is 1. The molecule has 4 nitrogen and oxygen atoms in total. The third kappa shape index (κ3) is 2.56. The Labute approximate surface area is 136 Å². The van der Waals surface area contributed by atoms with Crippen LogP contribution >= 0.6 is 11.3 Å². The zero-order chi connectivity index (χ0) is 15.9. The first-order chi connectivity index (χ1) is 10.5. The minimum absolute atomic E-state index is 0.120. The molecule has 0 radical (unpaired) electrons. The Kier molecular flexibility index (Phi) is 4.26. The van der Waals surface area contributed by atoms with Gasteiger partial charge in [-0.25, -0.2) is 0 Å². The molecule has 5 heteroatoms. The van der Waals surface area contributed by atoms with E-state index in [-0.39, 0.29) is 29.8 Å². The van der Waals surface area contributed by atoms with Crippen molar-refractivity contribution >= 4 is 23.2 Å². The Balaban J connectivity index is 1.77. The summed E-state index contributed by atoms with van der Waals surface area (Å²) in [5.41, 5.74) is 1.32. The second kappa shape index (κ2) is 6.03. The highest BCUT2D eigenvalue weighted by atomic mass is 32.1. The van der Waals surface area contributed by atoms with E-state index >= 15 is 0 Å². The molecule has 3 rings (SSSR count). The fourth-order valence-corrected chi connectivity index (χ4v) is 4.66. The molecule has 2 unspecified atom stereocenters. The lowest BCUT2D eigenvalue weighted by Gasteiger charge is -2.37. The van der Waals surface area contributed by atoms with E-state index in [1.54, 1.807) is 11.3 Å². The number of fused-ring (bicyclic) bond motifs is 1. The van der Waals surface area contributed by atoms with Crippen molar-refractivity contribution in [2.24, 2.45) is 5.92 Å². The van der Waals surface area contributed by atoms with Crippen molar-refractivity contribution in [1.82, 2.24) is 9.80 Å². The minimum Gasteiger partial charge on any atom is -0.339 e. The molecule has 1 saturated heterocycles. The molecule has 1 aromatic heterocycles. The van der Waals surface area contributed by atoms with Gasteiger partial charge in [0.25, 0.3) is 0 Å². The Hall–Kier alpha value is -1.36. The zero-order valence-electron chi connectivity index (χ0n) is 13.5. The molecule has 2 aliphatic heterocycles. The fraction of sp³-hybridized carbons (Fsp3) is 0.647. The smallest absolute Gasteiger partial charge is 0.228 e. The third-order valence-electron chi connectivity index (χ3n) is 4.90. The van der Waals surface area contributed by atoms with Crippen molar-refractivity contribution in [1.29, 1.82) is 0 Å². The molecule has 0 aliphatic carbocycles. The molecule has 0 aromatic carbocycles. The summed E-state index contributed by atoms with van der Waals surface area (Å²) in [4.78, 5) is 30.3. The quantitative estimate of drug-likeness (QED) is 0.859. The van der Waals surface area contributed by atoms with Crippen molar-refractivity contribution in [2.45, 2.75) is 52.1 Å². The van der Waals surface area contributed by atoms with E-state index in [1.165, 1.54) is 10.4 Å². The normalized spacial score (nSPS) is 25.0. The Morgan fingerprint density at radius 3 is 2.86 bits per heavy atom. The van der Waals surface area contributed by atoms with Crippen LogP contribution in [0.15, 0.2) is 11.4 Å². The SMILES string of the molecule is CCC1c2ccsc2CCN1C(=O)C1CC(=O)N(C(C)C)C1. The molecular formula is C17H24N2O2S. The second-order valence-electron chi connectivity index (χ2n) is 6.55. The molecule has 2 aliphatic rings. The van der Waals surface area contributed by atoms with Crippen molar-refractivity contribution in [2.75, 3.05) is 13.1 Å². The van der Waals surface area contributed by atoms with Gasteiger partial charge in [-0.05, 0) is 43.7 Å². The molecule has 120 valence electrons. The summed E-state index contributed by atoms with van der Waals surface area (Å²) in [7, 11) is 0. The van der Waals surface area contributed by atoms with Gasteiger partial charge in [0.1, 0.15) is 0 Å². The van der Waals surface area contributed by atoms with Crippen molar-refractivity contribution < 1.29 is 9.59 Å². The van der Waals surface area contributed by atoms with Gasteiger partial charge < -0.3 is 9.80 Å². The molecule has 1 fully saturated rings. The maximum atomic E-state index is 13.0. The topological polar surface area (TPSA) is 40.6 Å². The lowest BCUT2D eigenvalue weighted by Crippen LogP contribution is -2.43. The number of rotatable bonds is 3. The number of carbonyl (C=O) groups is 2. The largest absolute Gasteiger partial charge is 0.339 e. The van der Waals surface area contributed by atoms with Gasteiger partial charge in [0, 0.05) is 30.4 Å². The summed E-state index contributed by atoms with van der Waals surface area (Å²) >= 11 is 1.79. The molecule has 0 spiro atoms. The van der Waals surface area contributed by atoms with Crippen LogP contribution in [0.25, 0.3) is 0 Å². The van der Waals surface area contributed by atoms with Gasteiger partial charge in [-0.1, -0.05) is 6.92 Å². The van der Waals surface area contributed by atoms with Gasteiger partial charge in [0.15, 0.2) is 0 Å². The van der Waals surface area contributed by atoms with Crippen LogP contribution in [0.2, 0.25) is 0 Å². The average molecular weight is 320 g/mol. The Bertz CT molecular complexity index is 581. The standard InChI is InChI=1S/C17H24N2O2S/c1-4-14-13-6-8-22-15(13)5-7-18(14)17(21)12-9-16(20)19(10-12)11(2)3/h6,8,11-12,14H,4-5,7,9-10H2,1-3H3. The Morgan fingerprint density at radius 1 is 1.45 bits per heavy atom. The van der Waals surface area contributed by atoms with E-state index < -0.39 is 0 Å². The molecule has 0 saturated carbocycles. The highest BCUT2D eigenvalue weighted by Crippen LogP contribution is 2.37. The first kappa shape index (κ1) is 15.5. The third-order valence-corrected chi connectivity index (χ3v) is 5.89. The van der Waals surface area contributed by atoms with Crippen LogP contribution in [0.5, 0.6) is 0 Å². The maximum absolute atomic E-state index is 13.0. The van der Waals surface area contributed by atoms with Gasteiger partial charge in [-0.3, -0.25) is 9.59 Å². The van der Waals surface area contributed by atoms with Gasteiger partial charge in [0.05, 0.1) is 12.0 Å². The predicted octanol–water partition coefficient (Wildman–Crippen LogP) is 2.84. The van der Waals surface area contributed by atoms with E-state index in [2.05, 4.69) is 18.4 Å². The molecular weight excluding hydrogens is 296 g/mol. The first-order valence-corrected chi connectivity index (χ1v) is 9.07. The zero-order valence-corrected chi connectivity index (χ0v) is 14.4. The van der Waals surface area contributed by atoms with Crippen molar-refractivity contribution in [3.05, 3.63) is 21.9 Å². The summed E-state index contributed by atoms with van der Waals surface area (Å²) in [5.74, 6) is 0.124. The Morgan fingerprint density at radius 2 is 2.23 bits per heavy atom. The van der Waals surface area contributed by atoms with Crippen LogP contribution in [0.1, 0.15) is 50.1 Å². The summed E-state index contributed by atoms with van der Waals surface area (Å²) in [6.07, 6.45) is 2.26. The van der Waals surface area contributed by atoms with Crippen molar-refractivity contribution in [3.8, 4) is 0 Å². The molecule has 2 atom stereocenters. The molecule has 2 amide bonds. The molecule has 1 aromatic rings. The number of amides is 2. The van der Waals surface area contributed by atoms with Gasteiger partial charge in [0.2, 0.25) is 11.8 Å². The van der Waals surface area contributed by atoms with Crippen LogP contribution in [-0.2, 0) is 16.0 Å². The molecule has 3 heterocycles. The fourth-order valence-electron chi connectivity index (χ4n) is 3.73. The van der Waals surface area contributed by atoms with Crippen LogP contribution in [0.4, 0.5) is 0 Å². The lowest BCUT2D eigenvalue weighted by atomic mass is 9.95. The molecule has 22 heavy (non-hydrogen) atoms. The van der Waals surface area contributed by atoms with E-state index in [0.717, 1.165) is 19.4 Å². The van der Waals surface area contributed by atoms with Gasteiger partial charge in [-0.2, -0.15) is 0 Å². The summed E-state index contributed by atoms with van der Waals surface area (Å²) in [5, 5.41) is 2.13. The first-order valence-electron chi connectivity index (χ1n) is 8.19. The van der Waals surface area contributed by atoms with Crippen LogP contribution in [0, 0.1) is 5.92 Å². The monoisotopic (exact) mass is 320 g/mol. The maximum Gasteiger partial charge on any atom is 0.228 e. The van der Waals surface area contributed by atoms with E-state index in [4.69, 9.17) is 0 Å².